The molecule has 0 bridgehead atoms. The molecule has 0 aliphatic heterocycles. The van der Waals surface area contributed by atoms with Crippen molar-refractivity contribution in [3.63, 3.8) is 0 Å². The molecule has 0 aromatic heterocycles. The summed E-state index contributed by atoms with van der Waals surface area (Å²) in [5.41, 5.74) is -0.255. The monoisotopic (exact) mass is 275 g/mol. The molecular formula is C10H21NO4Si2. The summed E-state index contributed by atoms with van der Waals surface area (Å²) >= 11 is 0. The summed E-state index contributed by atoms with van der Waals surface area (Å²) in [6, 6.07) is 0. The number of hydrogen-bond acceptors (Lipinski definition) is 4. The minimum atomic E-state index is -1.91. The van der Waals surface area contributed by atoms with E-state index >= 15 is 0 Å². The number of carbonyl (C=O) groups is 1. The third kappa shape index (κ3) is 7.75. The van der Waals surface area contributed by atoms with E-state index in [1.54, 1.807) is 0 Å². The first-order chi connectivity index (χ1) is 7.42. The van der Waals surface area contributed by atoms with Crippen LogP contribution in [0.3, 0.4) is 0 Å². The van der Waals surface area contributed by atoms with Crippen LogP contribution in [0.4, 0.5) is 0 Å². The zero-order valence-electron chi connectivity index (χ0n) is 11.3. The normalized spacial score (nSPS) is 13.2. The lowest BCUT2D eigenvalue weighted by atomic mass is 10.3. The molecule has 17 heavy (non-hydrogen) atoms. The Labute approximate surface area is 104 Å². The highest BCUT2D eigenvalue weighted by Gasteiger charge is 2.25. The van der Waals surface area contributed by atoms with Crippen LogP contribution in [0.25, 0.3) is 0 Å². The van der Waals surface area contributed by atoms with Crippen molar-refractivity contribution in [2.75, 3.05) is 0 Å². The predicted molar refractivity (Wildman–Crippen MR) is 73.1 cm³/mol. The fourth-order valence-corrected chi connectivity index (χ4v) is 2.01. The van der Waals surface area contributed by atoms with Gasteiger partial charge in [0.05, 0.1) is 0 Å². The molecule has 0 aromatic rings. The molecule has 0 unspecified atom stereocenters. The largest absolute Gasteiger partial charge is 0.543 e. The lowest BCUT2D eigenvalue weighted by molar-refractivity contribution is -0.129. The second kappa shape index (κ2) is 5.50. The predicted octanol–water partition coefficient (Wildman–Crippen LogP) is 2.64. The van der Waals surface area contributed by atoms with Gasteiger partial charge in [-0.1, -0.05) is 11.7 Å². The summed E-state index contributed by atoms with van der Waals surface area (Å²) in [4.78, 5) is 11.0. The smallest absolute Gasteiger partial charge is 0.361 e. The Morgan fingerprint density at radius 3 is 1.88 bits per heavy atom. The average Bonchev–Trinajstić information content (AvgIpc) is 1.96. The number of rotatable bonds is 6. The van der Waals surface area contributed by atoms with Gasteiger partial charge in [-0.25, -0.2) is 4.79 Å². The first-order valence-corrected chi connectivity index (χ1v) is 12.1. The van der Waals surface area contributed by atoms with E-state index < -0.39 is 22.6 Å². The number of carboxylic acid groups (broad SMARTS) is 1. The molecule has 98 valence electrons. The Balaban J connectivity index is 4.88. The van der Waals surface area contributed by atoms with Gasteiger partial charge in [-0.2, -0.15) is 0 Å². The zero-order chi connectivity index (χ0) is 13.9. The number of nitrogens with zero attached hydrogens (tertiary/aromatic N) is 1. The molecular weight excluding hydrogens is 254 g/mol. The van der Waals surface area contributed by atoms with Crippen LogP contribution in [0.15, 0.2) is 17.5 Å². The van der Waals surface area contributed by atoms with Crippen molar-refractivity contribution in [1.82, 2.24) is 0 Å². The van der Waals surface area contributed by atoms with E-state index in [4.69, 9.17) is 14.1 Å². The van der Waals surface area contributed by atoms with Crippen LogP contribution in [0.1, 0.15) is 0 Å². The van der Waals surface area contributed by atoms with Gasteiger partial charge in [-0.15, -0.1) is 0 Å². The average molecular weight is 275 g/mol. The molecule has 0 amide bonds. The van der Waals surface area contributed by atoms with Crippen LogP contribution in [0.5, 0.6) is 0 Å². The van der Waals surface area contributed by atoms with Gasteiger partial charge in [0.15, 0.2) is 0 Å². The summed E-state index contributed by atoms with van der Waals surface area (Å²) in [5.74, 6) is -1.12. The zero-order valence-corrected chi connectivity index (χ0v) is 13.3. The van der Waals surface area contributed by atoms with E-state index in [1.807, 2.05) is 39.3 Å². The standard InChI is InChI=1S/C10H21NO4Si2/c1-8(14-16(2,3)4)9(10(12)13)11-15-17(5,6)7/h1H2,2-7H3,(H,12,13)/b11-9-. The molecule has 0 aliphatic carbocycles. The Hall–Kier alpha value is -1.09. The molecule has 5 nitrogen and oxygen atoms in total. The molecule has 0 spiro atoms. The maximum absolute atomic E-state index is 11.0. The van der Waals surface area contributed by atoms with Gasteiger partial charge in [0, 0.05) is 0 Å². The lowest BCUT2D eigenvalue weighted by Gasteiger charge is -2.21. The number of aliphatic carboxylic acids is 1. The topological polar surface area (TPSA) is 68.1 Å². The van der Waals surface area contributed by atoms with Crippen molar-refractivity contribution in [3.05, 3.63) is 12.3 Å². The van der Waals surface area contributed by atoms with Crippen molar-refractivity contribution in [3.8, 4) is 0 Å². The van der Waals surface area contributed by atoms with E-state index in [0.717, 1.165) is 0 Å². The number of oxime groups is 1. The van der Waals surface area contributed by atoms with Crippen molar-refractivity contribution in [2.45, 2.75) is 39.3 Å². The molecule has 0 aromatic carbocycles. The van der Waals surface area contributed by atoms with Gasteiger partial charge < -0.3 is 14.1 Å². The Kier molecular flexibility index (Phi) is 5.15. The minimum Gasteiger partial charge on any atom is -0.543 e. The fourth-order valence-electron chi connectivity index (χ4n) is 0.810. The molecule has 0 radical (unpaired) electrons. The third-order valence-electron chi connectivity index (χ3n) is 1.31. The van der Waals surface area contributed by atoms with Crippen LogP contribution in [0, 0.1) is 0 Å². The quantitative estimate of drug-likeness (QED) is 0.350. The van der Waals surface area contributed by atoms with Gasteiger partial charge in [-0.05, 0) is 39.3 Å². The maximum Gasteiger partial charge on any atom is 0.361 e. The first kappa shape index (κ1) is 15.9. The van der Waals surface area contributed by atoms with E-state index in [-0.39, 0.29) is 11.5 Å². The summed E-state index contributed by atoms with van der Waals surface area (Å²) in [5, 5.41) is 12.7. The van der Waals surface area contributed by atoms with Crippen molar-refractivity contribution in [1.29, 1.82) is 0 Å². The Bertz CT molecular complexity index is 339. The molecule has 0 saturated carbocycles. The van der Waals surface area contributed by atoms with Crippen LogP contribution in [-0.2, 0) is 13.7 Å². The van der Waals surface area contributed by atoms with Crippen LogP contribution in [0.2, 0.25) is 39.3 Å². The van der Waals surface area contributed by atoms with E-state index in [1.165, 1.54) is 0 Å². The number of hydrogen-bond donors (Lipinski definition) is 1. The third-order valence-corrected chi connectivity index (χ3v) is 2.80. The molecule has 0 atom stereocenters. The molecule has 1 N–H and O–H groups in total. The lowest BCUT2D eigenvalue weighted by Crippen LogP contribution is -2.31. The Morgan fingerprint density at radius 2 is 1.59 bits per heavy atom. The van der Waals surface area contributed by atoms with Gasteiger partial charge in [-0.3, -0.25) is 0 Å². The van der Waals surface area contributed by atoms with Crippen molar-refractivity contribution in [2.24, 2.45) is 5.16 Å². The Morgan fingerprint density at radius 1 is 1.12 bits per heavy atom. The van der Waals surface area contributed by atoms with Gasteiger partial charge in [0.25, 0.3) is 8.32 Å². The molecule has 0 saturated heterocycles. The molecule has 0 heterocycles. The summed E-state index contributed by atoms with van der Waals surface area (Å²) in [6.07, 6.45) is 0. The van der Waals surface area contributed by atoms with Crippen LogP contribution in [-0.4, -0.2) is 33.4 Å². The molecule has 7 heteroatoms. The van der Waals surface area contributed by atoms with Gasteiger partial charge in [0.2, 0.25) is 14.0 Å². The molecule has 0 rings (SSSR count). The van der Waals surface area contributed by atoms with Crippen molar-refractivity contribution >= 4 is 28.3 Å². The minimum absolute atomic E-state index is 0.0647. The van der Waals surface area contributed by atoms with E-state index in [2.05, 4.69) is 11.7 Å². The van der Waals surface area contributed by atoms with Gasteiger partial charge >= 0.3 is 5.97 Å². The first-order valence-electron chi connectivity index (χ1n) is 5.30. The fraction of sp³-hybridized carbons (Fsp3) is 0.600. The SMILES string of the molecule is C=C(O[Si](C)(C)C)/C(=N/O[Si](C)(C)C)C(=O)O. The highest BCUT2D eigenvalue weighted by Crippen LogP contribution is 2.12. The van der Waals surface area contributed by atoms with E-state index in [0.29, 0.717) is 0 Å². The second-order valence-electron chi connectivity index (χ2n) is 5.59. The van der Waals surface area contributed by atoms with Crippen LogP contribution < -0.4 is 0 Å². The van der Waals surface area contributed by atoms with Gasteiger partial charge in [0.1, 0.15) is 5.76 Å². The summed E-state index contributed by atoms with van der Waals surface area (Å²) in [7, 11) is -3.80. The van der Waals surface area contributed by atoms with Crippen LogP contribution >= 0.6 is 0 Å². The highest BCUT2D eigenvalue weighted by atomic mass is 28.4. The van der Waals surface area contributed by atoms with Crippen molar-refractivity contribution < 1.29 is 18.9 Å². The highest BCUT2D eigenvalue weighted by molar-refractivity contribution is 6.71. The number of carboxylic acids is 1. The maximum atomic E-state index is 11.0. The van der Waals surface area contributed by atoms with E-state index in [9.17, 15) is 4.79 Å². The molecule has 0 fully saturated rings. The second-order valence-corrected chi connectivity index (χ2v) is 14.4. The summed E-state index contributed by atoms with van der Waals surface area (Å²) < 4.78 is 10.7. The summed E-state index contributed by atoms with van der Waals surface area (Å²) in [6.45, 7) is 15.2. The molecule has 0 aliphatic rings.